The third-order valence-corrected chi connectivity index (χ3v) is 1.52. The number of rotatable bonds is 2. The molecule has 0 aliphatic rings. The molecule has 0 atom stereocenters. The van der Waals surface area contributed by atoms with E-state index in [0.717, 1.165) is 0 Å². The second kappa shape index (κ2) is 3.31. The largest absolute Gasteiger partial charge is 0.366 e. The van der Waals surface area contributed by atoms with Gasteiger partial charge in [-0.25, -0.2) is 0 Å². The first-order valence-electron chi connectivity index (χ1n) is 3.51. The van der Waals surface area contributed by atoms with E-state index in [1.807, 2.05) is 0 Å². The van der Waals surface area contributed by atoms with Crippen LogP contribution in [0.15, 0.2) is 18.2 Å². The van der Waals surface area contributed by atoms with Gasteiger partial charge in [-0.3, -0.25) is 9.59 Å². The zero-order valence-electron chi connectivity index (χ0n) is 6.78. The predicted octanol–water partition coefficient (Wildman–Crippen LogP) is -1.32. The number of amides is 2. The molecule has 1 aromatic rings. The number of hydrogen-bond acceptors (Lipinski definition) is 2. The van der Waals surface area contributed by atoms with Crippen molar-refractivity contribution in [2.24, 2.45) is 11.5 Å². The Kier molecular flexibility index (Phi) is 2.37. The summed E-state index contributed by atoms with van der Waals surface area (Å²) >= 11 is 0. The molecule has 13 heavy (non-hydrogen) atoms. The Balaban J connectivity index is 3.26. The molecule has 1 aromatic carbocycles. The molecule has 4 nitrogen and oxygen atoms in total. The predicted molar refractivity (Wildman–Crippen MR) is 48.9 cm³/mol. The standard InChI is InChI=1S/C8H7BN2O2/c9-6-2-4(7(10)12)1-5(3-6)8(11)13/h1-3H,(H2,10,12)(H2,11,13). The number of carbonyl (C=O) groups is 2. The molecule has 0 aliphatic heterocycles. The maximum absolute atomic E-state index is 10.7. The highest BCUT2D eigenvalue weighted by molar-refractivity contribution is 6.33. The molecule has 2 radical (unpaired) electrons. The van der Waals surface area contributed by atoms with Crippen LogP contribution in [-0.4, -0.2) is 19.7 Å². The van der Waals surface area contributed by atoms with Crippen LogP contribution >= 0.6 is 0 Å². The highest BCUT2D eigenvalue weighted by Gasteiger charge is 2.06. The summed E-state index contributed by atoms with van der Waals surface area (Å²) in [6.45, 7) is 0. The van der Waals surface area contributed by atoms with Crippen molar-refractivity contribution in [3.8, 4) is 0 Å². The lowest BCUT2D eigenvalue weighted by molar-refractivity contribution is 0.0999. The van der Waals surface area contributed by atoms with Crippen molar-refractivity contribution in [2.75, 3.05) is 0 Å². The molecule has 1 rings (SSSR count). The molecule has 4 N–H and O–H groups in total. The van der Waals surface area contributed by atoms with E-state index in [-0.39, 0.29) is 16.6 Å². The van der Waals surface area contributed by atoms with Crippen LogP contribution in [-0.2, 0) is 0 Å². The summed E-state index contributed by atoms with van der Waals surface area (Å²) in [6, 6.07) is 4.07. The van der Waals surface area contributed by atoms with Crippen LogP contribution in [0.5, 0.6) is 0 Å². The Morgan fingerprint density at radius 2 is 1.38 bits per heavy atom. The highest BCUT2D eigenvalue weighted by Crippen LogP contribution is 2.01. The first kappa shape index (κ1) is 9.31. The van der Waals surface area contributed by atoms with Crippen molar-refractivity contribution in [2.45, 2.75) is 0 Å². The Hall–Kier alpha value is -1.78. The molecule has 0 heterocycles. The Bertz CT molecular complexity index is 344. The summed E-state index contributed by atoms with van der Waals surface area (Å²) in [5.41, 5.74) is 10.6. The third-order valence-electron chi connectivity index (χ3n) is 1.52. The molecule has 0 aliphatic carbocycles. The molecular formula is C8H7BN2O2. The Morgan fingerprint density at radius 1 is 1.00 bits per heavy atom. The minimum Gasteiger partial charge on any atom is -0.366 e. The molecule has 0 fully saturated rings. The average Bonchev–Trinajstić information content (AvgIpc) is 2.03. The van der Waals surface area contributed by atoms with Crippen LogP contribution in [0.1, 0.15) is 20.7 Å². The average molecular weight is 174 g/mol. The molecular weight excluding hydrogens is 167 g/mol. The number of carbonyl (C=O) groups excluding carboxylic acids is 2. The molecule has 0 spiro atoms. The summed E-state index contributed by atoms with van der Waals surface area (Å²) in [7, 11) is 5.42. The minimum absolute atomic E-state index is 0.175. The van der Waals surface area contributed by atoms with Crippen LogP contribution in [0, 0.1) is 0 Å². The maximum Gasteiger partial charge on any atom is 0.248 e. The van der Waals surface area contributed by atoms with E-state index in [4.69, 9.17) is 19.3 Å². The normalized spacial score (nSPS) is 9.54. The summed E-state index contributed by atoms with van der Waals surface area (Å²) in [5, 5.41) is 0. The van der Waals surface area contributed by atoms with Gasteiger partial charge in [-0.2, -0.15) is 0 Å². The van der Waals surface area contributed by atoms with E-state index in [1.165, 1.54) is 18.2 Å². The van der Waals surface area contributed by atoms with Crippen LogP contribution in [0.4, 0.5) is 0 Å². The van der Waals surface area contributed by atoms with Gasteiger partial charge in [0.15, 0.2) is 0 Å². The monoisotopic (exact) mass is 174 g/mol. The first-order chi connectivity index (χ1) is 6.00. The van der Waals surface area contributed by atoms with Gasteiger partial charge in [0.05, 0.1) is 0 Å². The molecule has 0 unspecified atom stereocenters. The highest BCUT2D eigenvalue weighted by atomic mass is 16.1. The summed E-state index contributed by atoms with van der Waals surface area (Å²) in [6.07, 6.45) is 0. The number of primary amides is 2. The van der Waals surface area contributed by atoms with Crippen molar-refractivity contribution in [1.29, 1.82) is 0 Å². The first-order valence-corrected chi connectivity index (χ1v) is 3.51. The molecule has 0 saturated heterocycles. The number of benzene rings is 1. The number of nitrogens with two attached hydrogens (primary N) is 2. The smallest absolute Gasteiger partial charge is 0.248 e. The Labute approximate surface area is 76.3 Å². The van der Waals surface area contributed by atoms with Crippen LogP contribution < -0.4 is 16.9 Å². The van der Waals surface area contributed by atoms with Crippen LogP contribution in [0.3, 0.4) is 0 Å². The van der Waals surface area contributed by atoms with Crippen LogP contribution in [0.25, 0.3) is 0 Å². The fourth-order valence-corrected chi connectivity index (χ4v) is 0.936. The SMILES string of the molecule is [B]c1cc(C(N)=O)cc(C(N)=O)c1. The lowest BCUT2D eigenvalue weighted by Crippen LogP contribution is -2.19. The van der Waals surface area contributed by atoms with Crippen molar-refractivity contribution >= 4 is 25.1 Å². The summed E-state index contributed by atoms with van der Waals surface area (Å²) < 4.78 is 0. The molecule has 64 valence electrons. The van der Waals surface area contributed by atoms with Gasteiger partial charge in [0.2, 0.25) is 11.8 Å². The van der Waals surface area contributed by atoms with Crippen LogP contribution in [0.2, 0.25) is 0 Å². The van der Waals surface area contributed by atoms with Gasteiger partial charge in [-0.05, 0) is 6.07 Å². The molecule has 0 aromatic heterocycles. The van der Waals surface area contributed by atoms with Gasteiger partial charge in [0.25, 0.3) is 0 Å². The van der Waals surface area contributed by atoms with E-state index >= 15 is 0 Å². The van der Waals surface area contributed by atoms with Crippen molar-refractivity contribution in [3.63, 3.8) is 0 Å². The van der Waals surface area contributed by atoms with Crippen molar-refractivity contribution in [3.05, 3.63) is 29.3 Å². The van der Waals surface area contributed by atoms with E-state index < -0.39 is 11.8 Å². The lowest BCUT2D eigenvalue weighted by Gasteiger charge is -2.01. The maximum atomic E-state index is 10.7. The van der Waals surface area contributed by atoms with E-state index in [0.29, 0.717) is 0 Å². The van der Waals surface area contributed by atoms with Crippen molar-refractivity contribution < 1.29 is 9.59 Å². The fourth-order valence-electron chi connectivity index (χ4n) is 0.936. The van der Waals surface area contributed by atoms with Gasteiger partial charge in [-0.1, -0.05) is 17.6 Å². The fraction of sp³-hybridized carbons (Fsp3) is 0. The zero-order valence-corrected chi connectivity index (χ0v) is 6.78. The quantitative estimate of drug-likeness (QED) is 0.544. The molecule has 0 saturated carbocycles. The van der Waals surface area contributed by atoms with Gasteiger partial charge in [0, 0.05) is 11.1 Å². The lowest BCUT2D eigenvalue weighted by atomic mass is 9.91. The minimum atomic E-state index is -0.644. The molecule has 5 heteroatoms. The van der Waals surface area contributed by atoms with Gasteiger partial charge >= 0.3 is 0 Å². The third kappa shape index (κ3) is 2.08. The summed E-state index contributed by atoms with van der Waals surface area (Å²) in [5.74, 6) is -1.29. The summed E-state index contributed by atoms with van der Waals surface area (Å²) in [4.78, 5) is 21.5. The number of hydrogen-bond donors (Lipinski definition) is 2. The van der Waals surface area contributed by atoms with E-state index in [9.17, 15) is 9.59 Å². The van der Waals surface area contributed by atoms with Gasteiger partial charge in [0.1, 0.15) is 7.85 Å². The second-order valence-corrected chi connectivity index (χ2v) is 2.57. The Morgan fingerprint density at radius 3 is 1.69 bits per heavy atom. The van der Waals surface area contributed by atoms with Gasteiger partial charge in [-0.15, -0.1) is 0 Å². The molecule has 0 bridgehead atoms. The van der Waals surface area contributed by atoms with Crippen molar-refractivity contribution in [1.82, 2.24) is 0 Å². The molecule has 2 amide bonds. The van der Waals surface area contributed by atoms with E-state index in [2.05, 4.69) is 0 Å². The van der Waals surface area contributed by atoms with Gasteiger partial charge < -0.3 is 11.5 Å². The zero-order chi connectivity index (χ0) is 10.0. The topological polar surface area (TPSA) is 86.2 Å². The van der Waals surface area contributed by atoms with E-state index in [1.54, 1.807) is 0 Å². The second-order valence-electron chi connectivity index (χ2n) is 2.57.